The van der Waals surface area contributed by atoms with E-state index in [1.54, 1.807) is 13.0 Å². The fourth-order valence-corrected chi connectivity index (χ4v) is 3.22. The van der Waals surface area contributed by atoms with Crippen molar-refractivity contribution in [2.75, 3.05) is 5.32 Å². The molecule has 0 spiro atoms. The third kappa shape index (κ3) is 3.84. The first-order valence-electron chi connectivity index (χ1n) is 7.37. The van der Waals surface area contributed by atoms with Crippen LogP contribution in [-0.4, -0.2) is 16.0 Å². The van der Waals surface area contributed by atoms with Gasteiger partial charge >= 0.3 is 0 Å². The number of benzene rings is 1. The number of aryl methyl sites for hydroxylation is 4. The highest BCUT2D eigenvalue weighted by atomic mass is 32.1. The van der Waals surface area contributed by atoms with E-state index >= 15 is 0 Å². The summed E-state index contributed by atoms with van der Waals surface area (Å²) in [4.78, 5) is 17.4. The lowest BCUT2D eigenvalue weighted by molar-refractivity contribution is 0.102. The minimum Gasteiger partial charge on any atom is -0.360 e. The molecule has 0 bridgehead atoms. The van der Waals surface area contributed by atoms with E-state index in [-0.39, 0.29) is 5.91 Å². The Labute approximate surface area is 138 Å². The fourth-order valence-electron chi connectivity index (χ4n) is 2.26. The molecule has 0 fully saturated rings. The number of hydrogen-bond acceptors (Lipinski definition) is 5. The van der Waals surface area contributed by atoms with E-state index < -0.39 is 0 Å². The number of anilines is 1. The van der Waals surface area contributed by atoms with Gasteiger partial charge in [0.1, 0.15) is 10.6 Å². The van der Waals surface area contributed by atoms with Gasteiger partial charge in [0, 0.05) is 12.5 Å². The molecule has 3 rings (SSSR count). The minimum absolute atomic E-state index is 0.195. The zero-order valence-electron chi connectivity index (χ0n) is 13.0. The van der Waals surface area contributed by atoms with Crippen molar-refractivity contribution in [1.29, 1.82) is 0 Å². The number of rotatable bonds is 5. The van der Waals surface area contributed by atoms with Gasteiger partial charge in [-0.2, -0.15) is 0 Å². The van der Waals surface area contributed by atoms with E-state index in [1.165, 1.54) is 16.9 Å². The quantitative estimate of drug-likeness (QED) is 0.774. The maximum absolute atomic E-state index is 12.3. The van der Waals surface area contributed by atoms with Crippen LogP contribution in [0.2, 0.25) is 0 Å². The number of hydrogen-bond donors (Lipinski definition) is 1. The number of thiazole rings is 1. The Morgan fingerprint density at radius 2 is 2.00 bits per heavy atom. The summed E-state index contributed by atoms with van der Waals surface area (Å²) in [5.41, 5.74) is 2.01. The minimum atomic E-state index is -0.195. The summed E-state index contributed by atoms with van der Waals surface area (Å²) in [5.74, 6) is 0.885. The van der Waals surface area contributed by atoms with Crippen molar-refractivity contribution in [3.05, 3.63) is 63.3 Å². The highest BCUT2D eigenvalue weighted by Gasteiger charge is 2.16. The summed E-state index contributed by atoms with van der Waals surface area (Å²) in [6, 6.07) is 11.9. The number of aromatic nitrogens is 2. The molecule has 0 aliphatic rings. The lowest BCUT2D eigenvalue weighted by Crippen LogP contribution is -2.11. The maximum Gasteiger partial charge on any atom is 0.268 e. The summed E-state index contributed by atoms with van der Waals surface area (Å²) in [7, 11) is 0. The molecule has 0 unspecified atom stereocenters. The van der Waals surface area contributed by atoms with Gasteiger partial charge in [-0.05, 0) is 25.8 Å². The molecule has 1 aromatic carbocycles. The molecule has 2 heterocycles. The molecule has 3 aromatic rings. The Kier molecular flexibility index (Phi) is 4.52. The molecule has 0 saturated carbocycles. The van der Waals surface area contributed by atoms with Gasteiger partial charge in [-0.1, -0.05) is 35.5 Å². The third-order valence-electron chi connectivity index (χ3n) is 3.39. The van der Waals surface area contributed by atoms with Gasteiger partial charge in [-0.25, -0.2) is 4.98 Å². The summed E-state index contributed by atoms with van der Waals surface area (Å²) in [6.07, 6.45) is 1.74. The maximum atomic E-state index is 12.3. The second-order valence-electron chi connectivity index (χ2n) is 5.28. The van der Waals surface area contributed by atoms with Gasteiger partial charge in [-0.15, -0.1) is 11.3 Å². The van der Waals surface area contributed by atoms with Crippen molar-refractivity contribution >= 4 is 23.1 Å². The molecule has 0 saturated heterocycles. The predicted octanol–water partition coefficient (Wildman–Crippen LogP) is 3.79. The Hall–Kier alpha value is -2.47. The van der Waals surface area contributed by atoms with E-state index in [2.05, 4.69) is 27.6 Å². The van der Waals surface area contributed by atoms with Crippen molar-refractivity contribution in [3.63, 3.8) is 0 Å². The average molecular weight is 327 g/mol. The van der Waals surface area contributed by atoms with Crippen LogP contribution < -0.4 is 5.32 Å². The van der Waals surface area contributed by atoms with Crippen LogP contribution in [0.3, 0.4) is 0 Å². The number of amides is 1. The molecule has 0 radical (unpaired) electrons. The predicted molar refractivity (Wildman–Crippen MR) is 89.9 cm³/mol. The Morgan fingerprint density at radius 1 is 1.22 bits per heavy atom. The average Bonchev–Trinajstić information content (AvgIpc) is 3.12. The van der Waals surface area contributed by atoms with Gasteiger partial charge in [0.2, 0.25) is 0 Å². The molecule has 1 amide bonds. The zero-order valence-corrected chi connectivity index (χ0v) is 13.8. The van der Waals surface area contributed by atoms with Crippen LogP contribution in [0.4, 0.5) is 5.82 Å². The number of nitrogens with one attached hydrogen (secondary N) is 1. The summed E-state index contributed by atoms with van der Waals surface area (Å²) in [5, 5.41) is 7.47. The van der Waals surface area contributed by atoms with E-state index in [0.29, 0.717) is 16.5 Å². The second kappa shape index (κ2) is 6.75. The third-order valence-corrected chi connectivity index (χ3v) is 4.60. The lowest BCUT2D eigenvalue weighted by Gasteiger charge is -1.98. The van der Waals surface area contributed by atoms with Crippen molar-refractivity contribution in [2.45, 2.75) is 26.7 Å². The molecule has 5 nitrogen and oxygen atoms in total. The first-order valence-corrected chi connectivity index (χ1v) is 8.18. The van der Waals surface area contributed by atoms with Crippen LogP contribution in [0, 0.1) is 13.8 Å². The molecule has 6 heteroatoms. The van der Waals surface area contributed by atoms with E-state index in [9.17, 15) is 4.79 Å². The van der Waals surface area contributed by atoms with Crippen LogP contribution in [0.1, 0.15) is 31.7 Å². The second-order valence-corrected chi connectivity index (χ2v) is 6.37. The van der Waals surface area contributed by atoms with Crippen molar-refractivity contribution in [3.8, 4) is 0 Å². The lowest BCUT2D eigenvalue weighted by atomic mass is 10.1. The van der Waals surface area contributed by atoms with E-state index in [1.807, 2.05) is 25.1 Å². The van der Waals surface area contributed by atoms with Gasteiger partial charge < -0.3 is 9.84 Å². The zero-order chi connectivity index (χ0) is 16.2. The molecule has 0 aliphatic carbocycles. The van der Waals surface area contributed by atoms with Crippen LogP contribution in [0.25, 0.3) is 0 Å². The molecule has 2 aromatic heterocycles. The normalized spacial score (nSPS) is 10.7. The van der Waals surface area contributed by atoms with Crippen LogP contribution in [0.5, 0.6) is 0 Å². The van der Waals surface area contributed by atoms with Crippen molar-refractivity contribution in [1.82, 2.24) is 10.1 Å². The summed E-state index contributed by atoms with van der Waals surface area (Å²) >= 11 is 1.43. The SMILES string of the molecule is Cc1cc(NC(=O)c2sc(CCc3ccccc3)nc2C)no1. The number of carbonyl (C=O) groups excluding carboxylic acids is 1. The molecular weight excluding hydrogens is 310 g/mol. The molecule has 0 aliphatic heterocycles. The van der Waals surface area contributed by atoms with E-state index in [0.717, 1.165) is 23.5 Å². The largest absolute Gasteiger partial charge is 0.360 e. The van der Waals surface area contributed by atoms with E-state index in [4.69, 9.17) is 4.52 Å². The van der Waals surface area contributed by atoms with Gasteiger partial charge in [0.25, 0.3) is 5.91 Å². The van der Waals surface area contributed by atoms with Gasteiger partial charge in [0.15, 0.2) is 5.82 Å². The van der Waals surface area contributed by atoms with Crippen LogP contribution in [0.15, 0.2) is 40.9 Å². The first kappa shape index (κ1) is 15.4. The smallest absolute Gasteiger partial charge is 0.268 e. The molecular formula is C17H17N3O2S. The Balaban J connectivity index is 1.66. The van der Waals surface area contributed by atoms with Gasteiger partial charge in [-0.3, -0.25) is 4.79 Å². The topological polar surface area (TPSA) is 68.0 Å². The Bertz CT molecular complexity index is 808. The molecule has 0 atom stereocenters. The fraction of sp³-hybridized carbons (Fsp3) is 0.235. The number of nitrogens with zero attached hydrogens (tertiary/aromatic N) is 2. The summed E-state index contributed by atoms with van der Waals surface area (Å²) < 4.78 is 4.95. The van der Waals surface area contributed by atoms with Crippen LogP contribution in [-0.2, 0) is 12.8 Å². The van der Waals surface area contributed by atoms with Crippen LogP contribution >= 0.6 is 11.3 Å². The molecule has 23 heavy (non-hydrogen) atoms. The van der Waals surface area contributed by atoms with Crippen molar-refractivity contribution < 1.29 is 9.32 Å². The molecule has 1 N–H and O–H groups in total. The standard InChI is InChI=1S/C17H17N3O2S/c1-11-10-14(20-22-11)19-17(21)16-12(2)18-15(23-16)9-8-13-6-4-3-5-7-13/h3-7,10H,8-9H2,1-2H3,(H,19,20,21). The highest BCUT2D eigenvalue weighted by Crippen LogP contribution is 2.21. The number of carbonyl (C=O) groups is 1. The monoisotopic (exact) mass is 327 g/mol. The highest BCUT2D eigenvalue weighted by molar-refractivity contribution is 7.13. The Morgan fingerprint density at radius 3 is 2.70 bits per heavy atom. The van der Waals surface area contributed by atoms with Crippen molar-refractivity contribution in [2.24, 2.45) is 0 Å². The summed E-state index contributed by atoms with van der Waals surface area (Å²) in [6.45, 7) is 3.63. The van der Waals surface area contributed by atoms with Gasteiger partial charge in [0.05, 0.1) is 10.7 Å². The molecule has 118 valence electrons. The first-order chi connectivity index (χ1) is 11.1.